The zero-order chi connectivity index (χ0) is 38.2. The van der Waals surface area contributed by atoms with Gasteiger partial charge in [-0.25, -0.2) is 14.4 Å². The number of nitrogens with zero attached hydrogens (tertiary/aromatic N) is 2. The van der Waals surface area contributed by atoms with Gasteiger partial charge in [-0.05, 0) is 93.2 Å². The lowest BCUT2D eigenvalue weighted by Crippen LogP contribution is -2.23. The number of rotatable bonds is 30. The molecule has 53 heavy (non-hydrogen) atoms. The van der Waals surface area contributed by atoms with Gasteiger partial charge in [-0.15, -0.1) is 5.26 Å². The van der Waals surface area contributed by atoms with E-state index in [9.17, 15) is 19.2 Å². The maximum Gasteiger partial charge on any atom is 0.332 e. The number of aryl methyl sites for hydroxylation is 2. The molecular formula is C42H56N2O9. The maximum absolute atomic E-state index is 12.5. The first-order valence-electron chi connectivity index (χ1n) is 19.0. The van der Waals surface area contributed by atoms with Crippen molar-refractivity contribution in [1.29, 1.82) is 5.26 Å². The van der Waals surface area contributed by atoms with Gasteiger partial charge in [0.25, 0.3) is 6.26 Å². The standard InChI is InChI=1S/C42H56N2O9/c1-2-3-4-11-18-39(53-42(48)32-49-31-41(47)51-30-15-17-36-23-27-38(28-24-36)52-33-43)19-12-9-7-5-6-8-10-13-20-40(46)50-29-14-16-35-21-25-37(26-22-35)44-34-45/h9,12,21-28,39H,2-8,10-11,13-20,29-32H2,1H3/b12-9-/t39-/m1/s1. The molecule has 0 aliphatic rings. The van der Waals surface area contributed by atoms with Crippen molar-refractivity contribution in [2.75, 3.05) is 26.4 Å². The van der Waals surface area contributed by atoms with Gasteiger partial charge in [0, 0.05) is 12.8 Å². The topological polar surface area (TPSA) is 151 Å². The van der Waals surface area contributed by atoms with Crippen LogP contribution < -0.4 is 4.74 Å². The van der Waals surface area contributed by atoms with Crippen molar-refractivity contribution in [2.24, 2.45) is 4.99 Å². The summed E-state index contributed by atoms with van der Waals surface area (Å²) in [6.45, 7) is 2.15. The lowest BCUT2D eigenvalue weighted by molar-refractivity contribution is -0.159. The summed E-state index contributed by atoms with van der Waals surface area (Å²) in [7, 11) is 0. The van der Waals surface area contributed by atoms with E-state index in [0.29, 0.717) is 43.7 Å². The first kappa shape index (κ1) is 44.4. The van der Waals surface area contributed by atoms with Gasteiger partial charge in [0.1, 0.15) is 25.1 Å². The molecule has 0 spiro atoms. The summed E-state index contributed by atoms with van der Waals surface area (Å²) in [5.74, 6) is -0.704. The van der Waals surface area contributed by atoms with Gasteiger partial charge in [0.15, 0.2) is 0 Å². The highest BCUT2D eigenvalue weighted by atomic mass is 16.6. The van der Waals surface area contributed by atoms with Crippen molar-refractivity contribution in [3.8, 4) is 12.0 Å². The van der Waals surface area contributed by atoms with E-state index in [1.165, 1.54) is 6.08 Å². The molecule has 11 heteroatoms. The molecule has 0 fully saturated rings. The Bertz CT molecular complexity index is 1430. The fourth-order valence-electron chi connectivity index (χ4n) is 5.49. The lowest BCUT2D eigenvalue weighted by Gasteiger charge is -2.16. The molecule has 288 valence electrons. The largest absolute Gasteiger partial charge is 0.466 e. The predicted molar refractivity (Wildman–Crippen MR) is 201 cm³/mol. The van der Waals surface area contributed by atoms with Crippen LogP contribution in [0, 0.1) is 11.5 Å². The molecule has 0 aliphatic heterocycles. The summed E-state index contributed by atoms with van der Waals surface area (Å²) in [5.41, 5.74) is 2.71. The van der Waals surface area contributed by atoms with Gasteiger partial charge in [-0.2, -0.15) is 4.99 Å². The number of carbonyl (C=O) groups excluding carboxylic acids is 4. The van der Waals surface area contributed by atoms with Crippen molar-refractivity contribution in [3.05, 3.63) is 71.8 Å². The molecule has 2 aromatic rings. The number of ether oxygens (including phenoxy) is 5. The fourth-order valence-corrected chi connectivity index (χ4v) is 5.49. The van der Waals surface area contributed by atoms with Crippen LogP contribution in [-0.4, -0.2) is 56.5 Å². The van der Waals surface area contributed by atoms with E-state index in [4.69, 9.17) is 28.9 Å². The number of isocyanates is 1. The van der Waals surface area contributed by atoms with E-state index < -0.39 is 11.9 Å². The summed E-state index contributed by atoms with van der Waals surface area (Å²) in [4.78, 5) is 50.4. The summed E-state index contributed by atoms with van der Waals surface area (Å²) >= 11 is 0. The summed E-state index contributed by atoms with van der Waals surface area (Å²) < 4.78 is 26.3. The molecule has 2 rings (SSSR count). The van der Waals surface area contributed by atoms with Crippen LogP contribution in [0.4, 0.5) is 5.69 Å². The first-order chi connectivity index (χ1) is 25.9. The highest BCUT2D eigenvalue weighted by Crippen LogP contribution is 2.16. The van der Waals surface area contributed by atoms with E-state index in [0.717, 1.165) is 94.6 Å². The van der Waals surface area contributed by atoms with Crippen LogP contribution in [0.15, 0.2) is 65.7 Å². The summed E-state index contributed by atoms with van der Waals surface area (Å²) in [6, 6.07) is 14.5. The van der Waals surface area contributed by atoms with Gasteiger partial charge < -0.3 is 23.7 Å². The number of allylic oxidation sites excluding steroid dienone is 1. The van der Waals surface area contributed by atoms with Crippen LogP contribution in [0.1, 0.15) is 114 Å². The highest BCUT2D eigenvalue weighted by molar-refractivity contribution is 5.73. The minimum Gasteiger partial charge on any atom is -0.466 e. The van der Waals surface area contributed by atoms with Crippen molar-refractivity contribution >= 4 is 29.7 Å². The number of benzene rings is 2. The number of carbonyl (C=O) groups is 3. The molecule has 0 heterocycles. The van der Waals surface area contributed by atoms with E-state index >= 15 is 0 Å². The van der Waals surface area contributed by atoms with Crippen molar-refractivity contribution in [3.63, 3.8) is 0 Å². The third-order valence-electron chi connectivity index (χ3n) is 8.38. The number of aliphatic imine (C=N–C) groups is 1. The predicted octanol–water partition coefficient (Wildman–Crippen LogP) is 8.74. The van der Waals surface area contributed by atoms with Crippen LogP contribution in [-0.2, 0) is 51.0 Å². The minimum atomic E-state index is -0.534. The Hall–Kier alpha value is -4.78. The zero-order valence-electron chi connectivity index (χ0n) is 31.3. The Morgan fingerprint density at radius 3 is 2.04 bits per heavy atom. The number of nitriles is 1. The van der Waals surface area contributed by atoms with Gasteiger partial charge in [0.05, 0.1) is 18.9 Å². The quantitative estimate of drug-likeness (QED) is 0.0145. The maximum atomic E-state index is 12.5. The van der Waals surface area contributed by atoms with Gasteiger partial charge in [-0.1, -0.05) is 81.9 Å². The monoisotopic (exact) mass is 732 g/mol. The van der Waals surface area contributed by atoms with Crippen molar-refractivity contribution < 1.29 is 42.9 Å². The van der Waals surface area contributed by atoms with E-state index in [2.05, 4.69) is 24.1 Å². The third-order valence-corrected chi connectivity index (χ3v) is 8.38. The number of unbranched alkanes of at least 4 members (excludes halogenated alkanes) is 8. The Balaban J connectivity index is 1.51. The average Bonchev–Trinajstić information content (AvgIpc) is 3.15. The normalized spacial score (nSPS) is 11.3. The molecule has 0 radical (unpaired) electrons. The Labute approximate surface area is 314 Å². The molecular weight excluding hydrogens is 676 g/mol. The Morgan fingerprint density at radius 1 is 0.736 bits per heavy atom. The molecule has 0 saturated heterocycles. The van der Waals surface area contributed by atoms with Crippen molar-refractivity contribution in [1.82, 2.24) is 0 Å². The first-order valence-corrected chi connectivity index (χ1v) is 19.0. The average molecular weight is 733 g/mol. The second-order valence-electron chi connectivity index (χ2n) is 12.8. The fraction of sp³-hybridized carbons (Fsp3) is 0.548. The highest BCUT2D eigenvalue weighted by Gasteiger charge is 2.14. The molecule has 2 aromatic carbocycles. The van der Waals surface area contributed by atoms with Crippen LogP contribution >= 0.6 is 0 Å². The van der Waals surface area contributed by atoms with Crippen LogP contribution in [0.5, 0.6) is 5.75 Å². The molecule has 1 atom stereocenters. The van der Waals surface area contributed by atoms with Crippen LogP contribution in [0.2, 0.25) is 0 Å². The van der Waals surface area contributed by atoms with Crippen molar-refractivity contribution in [2.45, 2.75) is 122 Å². The number of esters is 3. The van der Waals surface area contributed by atoms with Gasteiger partial charge in [0.2, 0.25) is 6.08 Å². The third kappa shape index (κ3) is 23.4. The second kappa shape index (κ2) is 29.8. The summed E-state index contributed by atoms with van der Waals surface area (Å²) in [6.07, 6.45) is 22.1. The molecule has 0 N–H and O–H groups in total. The van der Waals surface area contributed by atoms with Gasteiger partial charge in [-0.3, -0.25) is 4.79 Å². The van der Waals surface area contributed by atoms with E-state index in [1.54, 1.807) is 30.5 Å². The number of hydrogen-bond acceptors (Lipinski definition) is 11. The molecule has 0 aliphatic carbocycles. The second-order valence-corrected chi connectivity index (χ2v) is 12.8. The Morgan fingerprint density at radius 2 is 1.36 bits per heavy atom. The van der Waals surface area contributed by atoms with Crippen LogP contribution in [0.3, 0.4) is 0 Å². The molecule has 11 nitrogen and oxygen atoms in total. The molecule has 0 aromatic heterocycles. The van der Waals surface area contributed by atoms with Gasteiger partial charge >= 0.3 is 17.9 Å². The van der Waals surface area contributed by atoms with Crippen LogP contribution in [0.25, 0.3) is 0 Å². The summed E-state index contributed by atoms with van der Waals surface area (Å²) in [5, 5.41) is 8.55. The zero-order valence-corrected chi connectivity index (χ0v) is 31.3. The lowest BCUT2D eigenvalue weighted by atomic mass is 10.1. The molecule has 0 bridgehead atoms. The molecule has 0 unspecified atom stereocenters. The molecule has 0 amide bonds. The minimum absolute atomic E-state index is 0.154. The van der Waals surface area contributed by atoms with E-state index in [1.807, 2.05) is 24.3 Å². The van der Waals surface area contributed by atoms with E-state index in [-0.39, 0.29) is 31.9 Å². The smallest absolute Gasteiger partial charge is 0.332 e. The number of hydrogen-bond donors (Lipinski definition) is 0. The molecule has 0 saturated carbocycles. The Kier molecular flexibility index (Phi) is 24.9. The SMILES string of the molecule is CCCCCC[C@H](C/C=C\CCCCCCCC(=O)OCCCc1ccc(N=C=O)cc1)OC(=O)COCC(=O)OCCCc1ccc(OC#N)cc1.